The minimum atomic E-state index is -0.544. The fraction of sp³-hybridized carbons (Fsp3) is 0.381. The van der Waals surface area contributed by atoms with E-state index in [1.54, 1.807) is 23.1 Å². The molecule has 0 radical (unpaired) electrons. The Bertz CT molecular complexity index is 870. The highest BCUT2D eigenvalue weighted by molar-refractivity contribution is 6.01. The number of carbonyl (C=O) groups excluding carboxylic acids is 3. The van der Waals surface area contributed by atoms with Crippen LogP contribution in [0.5, 0.6) is 11.5 Å². The number of hydrogen-bond acceptors (Lipinski definition) is 6. The fourth-order valence-corrected chi connectivity index (χ4v) is 3.05. The molecule has 154 valence electrons. The average molecular weight is 400 g/mol. The number of ketones is 1. The molecule has 8 nitrogen and oxygen atoms in total. The zero-order valence-electron chi connectivity index (χ0n) is 16.3. The van der Waals surface area contributed by atoms with Crippen molar-refractivity contribution >= 4 is 17.7 Å². The lowest BCUT2D eigenvalue weighted by Gasteiger charge is -2.13. The summed E-state index contributed by atoms with van der Waals surface area (Å²) in [6.07, 6.45) is 3.45. The van der Waals surface area contributed by atoms with Crippen LogP contribution in [0.3, 0.4) is 0 Å². The topological polar surface area (TPSA) is 97.9 Å². The molecule has 0 saturated carbocycles. The number of Topliss-reactive ketones (excluding diaryl/α,β-unsaturated/α-hetero) is 1. The van der Waals surface area contributed by atoms with Gasteiger partial charge in [0.25, 0.3) is 5.91 Å². The van der Waals surface area contributed by atoms with E-state index in [9.17, 15) is 14.4 Å². The van der Waals surface area contributed by atoms with Gasteiger partial charge in [0.2, 0.25) is 5.78 Å². The van der Waals surface area contributed by atoms with Crippen LogP contribution < -0.4 is 9.47 Å². The van der Waals surface area contributed by atoms with Crippen LogP contribution in [-0.2, 0) is 9.53 Å². The lowest BCUT2D eigenvalue weighted by Crippen LogP contribution is -2.27. The number of para-hydroxylation sites is 2. The molecule has 29 heavy (non-hydrogen) atoms. The molecule has 1 N–H and O–H groups in total. The van der Waals surface area contributed by atoms with E-state index in [4.69, 9.17) is 14.2 Å². The summed E-state index contributed by atoms with van der Waals surface area (Å²) in [5, 5.41) is 0. The van der Waals surface area contributed by atoms with Crippen molar-refractivity contribution in [2.45, 2.75) is 19.3 Å². The van der Waals surface area contributed by atoms with Crippen molar-refractivity contribution < 1.29 is 28.6 Å². The quantitative estimate of drug-likeness (QED) is 0.513. The second-order valence-electron chi connectivity index (χ2n) is 6.63. The summed E-state index contributed by atoms with van der Waals surface area (Å²) >= 11 is 0. The van der Waals surface area contributed by atoms with E-state index < -0.39 is 5.97 Å². The zero-order chi connectivity index (χ0) is 20.6. The van der Waals surface area contributed by atoms with Gasteiger partial charge in [0.1, 0.15) is 5.69 Å². The van der Waals surface area contributed by atoms with Crippen molar-refractivity contribution in [3.8, 4) is 11.5 Å². The van der Waals surface area contributed by atoms with E-state index in [1.165, 1.54) is 19.4 Å². The van der Waals surface area contributed by atoms with Gasteiger partial charge in [0.05, 0.1) is 20.1 Å². The van der Waals surface area contributed by atoms with Crippen LogP contribution in [0.2, 0.25) is 0 Å². The Balaban J connectivity index is 1.42. The predicted molar refractivity (Wildman–Crippen MR) is 104 cm³/mol. The average Bonchev–Trinajstić information content (AvgIpc) is 3.44. The van der Waals surface area contributed by atoms with Crippen molar-refractivity contribution in [3.63, 3.8) is 0 Å². The minimum absolute atomic E-state index is 0.00282. The van der Waals surface area contributed by atoms with E-state index in [-0.39, 0.29) is 31.3 Å². The normalized spacial score (nSPS) is 13.2. The van der Waals surface area contributed by atoms with Crippen molar-refractivity contribution in [3.05, 3.63) is 47.8 Å². The molecule has 0 unspecified atom stereocenters. The highest BCUT2D eigenvalue weighted by atomic mass is 16.5. The number of hydrogen-bond donors (Lipinski definition) is 1. The third-order valence-electron chi connectivity index (χ3n) is 4.63. The molecule has 1 aliphatic rings. The summed E-state index contributed by atoms with van der Waals surface area (Å²) in [4.78, 5) is 41.0. The van der Waals surface area contributed by atoms with E-state index >= 15 is 0 Å². The molecule has 1 aromatic carbocycles. The van der Waals surface area contributed by atoms with Crippen molar-refractivity contribution in [2.24, 2.45) is 0 Å². The Morgan fingerprint density at radius 3 is 2.55 bits per heavy atom. The van der Waals surface area contributed by atoms with Crippen molar-refractivity contribution in [2.75, 3.05) is 33.4 Å². The Morgan fingerprint density at radius 1 is 1.10 bits per heavy atom. The number of carbonyl (C=O) groups is 3. The number of nitrogens with one attached hydrogen (secondary N) is 1. The number of ether oxygens (including phenoxy) is 3. The molecule has 1 aromatic heterocycles. The van der Waals surface area contributed by atoms with Gasteiger partial charge in [0, 0.05) is 24.8 Å². The molecule has 1 fully saturated rings. The number of H-pyrrole nitrogens is 1. The summed E-state index contributed by atoms with van der Waals surface area (Å²) in [6, 6.07) is 8.61. The van der Waals surface area contributed by atoms with Crippen LogP contribution >= 0.6 is 0 Å². The Morgan fingerprint density at radius 2 is 1.83 bits per heavy atom. The Kier molecular flexibility index (Phi) is 6.89. The molecular formula is C21H24N2O6. The zero-order valence-corrected chi connectivity index (χ0v) is 16.3. The van der Waals surface area contributed by atoms with E-state index in [0.717, 1.165) is 25.9 Å². The number of benzene rings is 1. The predicted octanol–water partition coefficient (Wildman–Crippen LogP) is 2.45. The van der Waals surface area contributed by atoms with Crippen LogP contribution in [0.15, 0.2) is 36.5 Å². The van der Waals surface area contributed by atoms with E-state index in [1.807, 2.05) is 6.07 Å². The van der Waals surface area contributed by atoms with Gasteiger partial charge in [-0.25, -0.2) is 0 Å². The maximum Gasteiger partial charge on any atom is 0.309 e. The Labute approximate surface area is 168 Å². The molecule has 8 heteroatoms. The molecule has 3 rings (SSSR count). The number of amides is 1. The first-order valence-electron chi connectivity index (χ1n) is 9.51. The first-order chi connectivity index (χ1) is 14.1. The number of rotatable bonds is 9. The SMILES string of the molecule is COc1ccccc1OCCC(=O)OCC(=O)c1c[nH]c(C(=O)N2CCCC2)c1. The van der Waals surface area contributed by atoms with Crippen LogP contribution in [0, 0.1) is 0 Å². The largest absolute Gasteiger partial charge is 0.493 e. The van der Waals surface area contributed by atoms with Gasteiger partial charge in [-0.2, -0.15) is 0 Å². The van der Waals surface area contributed by atoms with Gasteiger partial charge in [-0.05, 0) is 31.0 Å². The first kappa shape index (κ1) is 20.4. The van der Waals surface area contributed by atoms with E-state index in [2.05, 4.69) is 4.98 Å². The second kappa shape index (κ2) is 9.77. The van der Waals surface area contributed by atoms with Crippen molar-refractivity contribution in [1.29, 1.82) is 0 Å². The number of aromatic nitrogens is 1. The smallest absolute Gasteiger partial charge is 0.309 e. The number of nitrogens with zero attached hydrogens (tertiary/aromatic N) is 1. The molecule has 0 aliphatic carbocycles. The number of esters is 1. The van der Waals surface area contributed by atoms with Crippen LogP contribution in [0.1, 0.15) is 40.1 Å². The number of methoxy groups -OCH3 is 1. The summed E-state index contributed by atoms with van der Waals surface area (Å²) < 4.78 is 15.7. The Hall–Kier alpha value is -3.29. The molecule has 0 atom stereocenters. The molecule has 1 amide bonds. The summed E-state index contributed by atoms with van der Waals surface area (Å²) in [7, 11) is 1.53. The molecular weight excluding hydrogens is 376 g/mol. The van der Waals surface area contributed by atoms with Gasteiger partial charge in [0.15, 0.2) is 18.1 Å². The van der Waals surface area contributed by atoms with E-state index in [0.29, 0.717) is 22.8 Å². The maximum absolute atomic E-state index is 12.3. The lowest BCUT2D eigenvalue weighted by molar-refractivity contribution is -0.143. The molecule has 2 aromatic rings. The van der Waals surface area contributed by atoms with Crippen LogP contribution in [-0.4, -0.2) is 61.0 Å². The third kappa shape index (κ3) is 5.37. The van der Waals surface area contributed by atoms with Gasteiger partial charge in [-0.1, -0.05) is 12.1 Å². The summed E-state index contributed by atoms with van der Waals surface area (Å²) in [5.41, 5.74) is 0.678. The first-order valence-corrected chi connectivity index (χ1v) is 9.51. The second-order valence-corrected chi connectivity index (χ2v) is 6.63. The van der Waals surface area contributed by atoms with Gasteiger partial charge < -0.3 is 24.1 Å². The number of likely N-dealkylation sites (tertiary alicyclic amines) is 1. The summed E-state index contributed by atoms with van der Waals surface area (Å²) in [5.74, 6) is 0.0640. The minimum Gasteiger partial charge on any atom is -0.493 e. The molecule has 1 aliphatic heterocycles. The standard InChI is InChI=1S/C21H24N2O6/c1-27-18-6-2-3-7-19(18)28-11-8-20(25)29-14-17(24)15-12-16(22-13-15)21(26)23-9-4-5-10-23/h2-3,6-7,12-13,22H,4-5,8-11,14H2,1H3. The lowest BCUT2D eigenvalue weighted by atomic mass is 10.2. The highest BCUT2D eigenvalue weighted by Gasteiger charge is 2.22. The monoisotopic (exact) mass is 400 g/mol. The molecule has 2 heterocycles. The van der Waals surface area contributed by atoms with Gasteiger partial charge in [-0.15, -0.1) is 0 Å². The number of aromatic amines is 1. The molecule has 1 saturated heterocycles. The highest BCUT2D eigenvalue weighted by Crippen LogP contribution is 2.25. The van der Waals surface area contributed by atoms with Crippen molar-refractivity contribution in [1.82, 2.24) is 9.88 Å². The fourth-order valence-electron chi connectivity index (χ4n) is 3.05. The third-order valence-corrected chi connectivity index (χ3v) is 4.63. The van der Waals surface area contributed by atoms with Gasteiger partial charge in [-0.3, -0.25) is 14.4 Å². The van der Waals surface area contributed by atoms with Crippen LogP contribution in [0.25, 0.3) is 0 Å². The molecule has 0 bridgehead atoms. The van der Waals surface area contributed by atoms with Crippen LogP contribution in [0.4, 0.5) is 0 Å². The van der Waals surface area contributed by atoms with Gasteiger partial charge >= 0.3 is 5.97 Å². The summed E-state index contributed by atoms with van der Waals surface area (Å²) in [6.45, 7) is 1.18. The maximum atomic E-state index is 12.3. The molecule has 0 spiro atoms.